The zero-order chi connectivity index (χ0) is 17.1. The quantitative estimate of drug-likeness (QED) is 0.206. The van der Waals surface area contributed by atoms with E-state index < -0.39 is 6.09 Å². The first-order chi connectivity index (χ1) is 11.0. The SMILES string of the molecule is COCN(N)/N=C(\N)CCC(C)NC(=O)OCc1ccccc1. The summed E-state index contributed by atoms with van der Waals surface area (Å²) in [6.45, 7) is 2.26. The van der Waals surface area contributed by atoms with E-state index in [4.69, 9.17) is 21.1 Å². The Hall–Kier alpha value is -2.32. The Kier molecular flexibility index (Phi) is 8.48. The summed E-state index contributed by atoms with van der Waals surface area (Å²) < 4.78 is 9.96. The van der Waals surface area contributed by atoms with E-state index in [0.29, 0.717) is 18.7 Å². The van der Waals surface area contributed by atoms with E-state index in [-0.39, 0.29) is 19.4 Å². The highest BCUT2D eigenvalue weighted by Crippen LogP contribution is 2.02. The topological polar surface area (TPSA) is 115 Å². The van der Waals surface area contributed by atoms with Gasteiger partial charge in [0.25, 0.3) is 0 Å². The fourth-order valence-corrected chi connectivity index (χ4v) is 1.78. The third-order valence-electron chi connectivity index (χ3n) is 2.93. The number of alkyl carbamates (subject to hydrolysis) is 1. The summed E-state index contributed by atoms with van der Waals surface area (Å²) in [6.07, 6.45) is 0.658. The number of hydrazine groups is 1. The predicted octanol–water partition coefficient (Wildman–Crippen LogP) is 1.13. The summed E-state index contributed by atoms with van der Waals surface area (Å²) in [5.74, 6) is 5.89. The van der Waals surface area contributed by atoms with E-state index in [0.717, 1.165) is 10.7 Å². The van der Waals surface area contributed by atoms with Gasteiger partial charge in [-0.2, -0.15) is 0 Å². The number of nitrogens with zero attached hydrogens (tertiary/aromatic N) is 2. The number of hydrazone groups is 1. The van der Waals surface area contributed by atoms with Crippen LogP contribution in [0.1, 0.15) is 25.3 Å². The molecule has 1 aromatic rings. The minimum absolute atomic E-state index is 0.0966. The van der Waals surface area contributed by atoms with Gasteiger partial charge in [-0.1, -0.05) is 30.3 Å². The highest BCUT2D eigenvalue weighted by Gasteiger charge is 2.09. The zero-order valence-corrected chi connectivity index (χ0v) is 13.6. The minimum Gasteiger partial charge on any atom is -0.445 e. The van der Waals surface area contributed by atoms with Gasteiger partial charge >= 0.3 is 6.09 Å². The monoisotopic (exact) mass is 323 g/mol. The van der Waals surface area contributed by atoms with Crippen LogP contribution in [0.4, 0.5) is 4.79 Å². The second-order valence-corrected chi connectivity index (χ2v) is 5.09. The number of amidine groups is 1. The van der Waals surface area contributed by atoms with Crippen molar-refractivity contribution >= 4 is 11.9 Å². The lowest BCUT2D eigenvalue weighted by Crippen LogP contribution is -2.35. The molecular weight excluding hydrogens is 298 g/mol. The Morgan fingerprint density at radius 1 is 1.39 bits per heavy atom. The number of methoxy groups -OCH3 is 1. The van der Waals surface area contributed by atoms with Crippen LogP contribution in [0.5, 0.6) is 0 Å². The summed E-state index contributed by atoms with van der Waals surface area (Å²) in [7, 11) is 1.51. The maximum atomic E-state index is 11.7. The Balaban J connectivity index is 2.24. The van der Waals surface area contributed by atoms with E-state index in [9.17, 15) is 4.79 Å². The first-order valence-electron chi connectivity index (χ1n) is 7.32. The lowest BCUT2D eigenvalue weighted by Gasteiger charge is -2.15. The van der Waals surface area contributed by atoms with E-state index in [1.54, 1.807) is 0 Å². The van der Waals surface area contributed by atoms with Crippen LogP contribution < -0.4 is 16.9 Å². The number of amides is 1. The van der Waals surface area contributed by atoms with Gasteiger partial charge in [0.2, 0.25) is 0 Å². The van der Waals surface area contributed by atoms with Crippen LogP contribution in [-0.2, 0) is 16.1 Å². The molecule has 0 radical (unpaired) electrons. The number of nitrogens with one attached hydrogen (secondary N) is 1. The van der Waals surface area contributed by atoms with Crippen molar-refractivity contribution in [2.45, 2.75) is 32.4 Å². The first kappa shape index (κ1) is 18.7. The zero-order valence-electron chi connectivity index (χ0n) is 13.6. The lowest BCUT2D eigenvalue weighted by atomic mass is 10.2. The highest BCUT2D eigenvalue weighted by atomic mass is 16.5. The molecule has 0 aliphatic rings. The number of carbonyl (C=O) groups excluding carboxylic acids is 1. The third-order valence-corrected chi connectivity index (χ3v) is 2.93. The summed E-state index contributed by atoms with van der Waals surface area (Å²) >= 11 is 0. The normalized spacial score (nSPS) is 12.6. The third kappa shape index (κ3) is 8.64. The van der Waals surface area contributed by atoms with Gasteiger partial charge in [-0.05, 0) is 18.9 Å². The number of carbonyl (C=O) groups is 1. The fourth-order valence-electron chi connectivity index (χ4n) is 1.78. The van der Waals surface area contributed by atoms with Gasteiger partial charge in [0.15, 0.2) is 6.73 Å². The molecule has 8 nitrogen and oxygen atoms in total. The second kappa shape index (κ2) is 10.4. The molecule has 0 aliphatic heterocycles. The molecule has 0 aliphatic carbocycles. The summed E-state index contributed by atoms with van der Waals surface area (Å²) in [6, 6.07) is 9.39. The van der Waals surface area contributed by atoms with Crippen LogP contribution in [-0.4, -0.2) is 36.9 Å². The Morgan fingerprint density at radius 3 is 2.74 bits per heavy atom. The molecular formula is C15H25N5O3. The molecule has 23 heavy (non-hydrogen) atoms. The molecule has 1 rings (SSSR count). The summed E-state index contributed by atoms with van der Waals surface area (Å²) in [5, 5.41) is 7.79. The molecule has 1 unspecified atom stereocenters. The van der Waals surface area contributed by atoms with Gasteiger partial charge in [0.1, 0.15) is 12.4 Å². The average molecular weight is 323 g/mol. The Bertz CT molecular complexity index is 495. The maximum absolute atomic E-state index is 11.7. The van der Waals surface area contributed by atoms with Crippen LogP contribution in [0.3, 0.4) is 0 Å². The number of rotatable bonds is 9. The van der Waals surface area contributed by atoms with E-state index in [1.807, 2.05) is 37.3 Å². The largest absolute Gasteiger partial charge is 0.445 e. The summed E-state index contributed by atoms with van der Waals surface area (Å²) in [4.78, 5) is 11.7. The molecule has 0 aromatic heterocycles. The molecule has 128 valence electrons. The second-order valence-electron chi connectivity index (χ2n) is 5.09. The van der Waals surface area contributed by atoms with Crippen LogP contribution in [0, 0.1) is 0 Å². The van der Waals surface area contributed by atoms with Gasteiger partial charge in [0.05, 0.1) is 0 Å². The molecule has 0 bridgehead atoms. The standard InChI is InChI=1S/C15H25N5O3/c1-12(8-9-14(16)19-20(17)11-22-2)18-15(21)23-10-13-6-4-3-5-7-13/h3-7,12H,8-11,17H2,1-2H3,(H2,16,19)(H,18,21). The fraction of sp³-hybridized carbons (Fsp3) is 0.467. The number of benzene rings is 1. The molecule has 8 heteroatoms. The average Bonchev–Trinajstić information content (AvgIpc) is 2.52. The first-order valence-corrected chi connectivity index (χ1v) is 7.32. The van der Waals surface area contributed by atoms with Gasteiger partial charge < -0.3 is 20.5 Å². The maximum Gasteiger partial charge on any atom is 0.407 e. The molecule has 0 saturated heterocycles. The van der Waals surface area contributed by atoms with Crippen molar-refractivity contribution in [1.29, 1.82) is 0 Å². The molecule has 0 heterocycles. The van der Waals surface area contributed by atoms with Crippen molar-refractivity contribution in [2.24, 2.45) is 16.7 Å². The smallest absolute Gasteiger partial charge is 0.407 e. The van der Waals surface area contributed by atoms with Crippen LogP contribution >= 0.6 is 0 Å². The van der Waals surface area contributed by atoms with Crippen LogP contribution in [0.2, 0.25) is 0 Å². The van der Waals surface area contributed by atoms with Crippen LogP contribution in [0.15, 0.2) is 35.4 Å². The van der Waals surface area contributed by atoms with Crippen molar-refractivity contribution in [3.05, 3.63) is 35.9 Å². The van der Waals surface area contributed by atoms with Crippen molar-refractivity contribution in [3.8, 4) is 0 Å². The van der Waals surface area contributed by atoms with Crippen molar-refractivity contribution < 1.29 is 14.3 Å². The Morgan fingerprint density at radius 2 is 2.09 bits per heavy atom. The molecule has 5 N–H and O–H groups in total. The van der Waals surface area contributed by atoms with Gasteiger partial charge in [-0.15, -0.1) is 5.10 Å². The lowest BCUT2D eigenvalue weighted by molar-refractivity contribution is 0.0653. The van der Waals surface area contributed by atoms with Gasteiger partial charge in [0, 0.05) is 19.6 Å². The Labute approximate surface area is 136 Å². The molecule has 1 aromatic carbocycles. The van der Waals surface area contributed by atoms with E-state index >= 15 is 0 Å². The number of nitrogens with two attached hydrogens (primary N) is 2. The van der Waals surface area contributed by atoms with Crippen LogP contribution in [0.25, 0.3) is 0 Å². The van der Waals surface area contributed by atoms with Crippen molar-refractivity contribution in [3.63, 3.8) is 0 Å². The van der Waals surface area contributed by atoms with E-state index in [2.05, 4.69) is 10.4 Å². The van der Waals surface area contributed by atoms with Crippen molar-refractivity contribution in [1.82, 2.24) is 10.4 Å². The molecule has 0 saturated carbocycles. The van der Waals surface area contributed by atoms with Gasteiger partial charge in [-0.25, -0.2) is 15.8 Å². The van der Waals surface area contributed by atoms with Gasteiger partial charge in [-0.3, -0.25) is 0 Å². The number of hydrogen-bond acceptors (Lipinski definition) is 6. The number of ether oxygens (including phenoxy) is 2. The molecule has 1 amide bonds. The van der Waals surface area contributed by atoms with Crippen molar-refractivity contribution in [2.75, 3.05) is 13.8 Å². The minimum atomic E-state index is -0.461. The highest BCUT2D eigenvalue weighted by molar-refractivity contribution is 5.80. The number of hydrogen-bond donors (Lipinski definition) is 3. The molecule has 1 atom stereocenters. The molecule has 0 spiro atoms. The summed E-state index contributed by atoms with van der Waals surface area (Å²) in [5.41, 5.74) is 6.69. The van der Waals surface area contributed by atoms with E-state index in [1.165, 1.54) is 7.11 Å². The predicted molar refractivity (Wildman–Crippen MR) is 88.0 cm³/mol. The molecule has 0 fully saturated rings.